The number of ether oxygens (including phenoxy) is 1. The van der Waals surface area contributed by atoms with Gasteiger partial charge in [-0.05, 0) is 38.5 Å². The maximum atomic E-state index is 11.8. The first kappa shape index (κ1) is 15.3. The Kier molecular flexibility index (Phi) is 3.67. The van der Waals surface area contributed by atoms with Gasteiger partial charge in [-0.25, -0.2) is 9.59 Å². The zero-order valence-corrected chi connectivity index (χ0v) is 12.3. The molecule has 6 nitrogen and oxygen atoms in total. The van der Waals surface area contributed by atoms with E-state index < -0.39 is 23.3 Å². The van der Waals surface area contributed by atoms with Crippen LogP contribution in [0.3, 0.4) is 0 Å². The lowest BCUT2D eigenvalue weighted by molar-refractivity contribution is -0.103. The van der Waals surface area contributed by atoms with Crippen molar-refractivity contribution in [1.29, 1.82) is 0 Å². The first-order valence-corrected chi connectivity index (χ1v) is 6.65. The lowest BCUT2D eigenvalue weighted by atomic mass is 9.86. The van der Waals surface area contributed by atoms with Crippen molar-refractivity contribution in [2.45, 2.75) is 32.0 Å². The van der Waals surface area contributed by atoms with E-state index in [0.717, 1.165) is 0 Å². The minimum atomic E-state index is -1.14. The summed E-state index contributed by atoms with van der Waals surface area (Å²) in [4.78, 5) is 24.0. The molecule has 0 saturated carbocycles. The van der Waals surface area contributed by atoms with E-state index in [1.165, 1.54) is 17.0 Å². The van der Waals surface area contributed by atoms with Crippen LogP contribution in [-0.2, 0) is 10.3 Å². The largest absolute Gasteiger partial charge is 0.478 e. The molecule has 2 N–H and O–H groups in total. The summed E-state index contributed by atoms with van der Waals surface area (Å²) in [5.74, 6) is -1.02. The second-order valence-electron chi connectivity index (χ2n) is 6.25. The number of aromatic carboxylic acids is 1. The summed E-state index contributed by atoms with van der Waals surface area (Å²) in [7, 11) is 0. The number of carboxylic acids is 1. The number of hydrogen-bond acceptors (Lipinski definition) is 4. The third-order valence-electron chi connectivity index (χ3n) is 3.23. The van der Waals surface area contributed by atoms with Gasteiger partial charge in [0.2, 0.25) is 0 Å². The molecule has 1 heterocycles. The molecule has 1 aromatic rings. The number of hydrogen-bond donors (Lipinski definition) is 2. The van der Waals surface area contributed by atoms with Gasteiger partial charge in [-0.1, -0.05) is 12.1 Å². The number of β-amino-alcohol motifs (C(OH)–C–C–N with tert-alkyl or cyclic N) is 1. The summed E-state index contributed by atoms with van der Waals surface area (Å²) >= 11 is 0. The molecular weight excluding hydrogens is 274 g/mol. The fraction of sp³-hybridized carbons (Fsp3) is 0.467. The average molecular weight is 293 g/mol. The van der Waals surface area contributed by atoms with E-state index in [1.807, 2.05) is 0 Å². The third-order valence-corrected chi connectivity index (χ3v) is 3.23. The SMILES string of the molecule is CC(C)(C)OC(=O)N1CC(O)(c2ccc(C(=O)O)cc2)C1. The fourth-order valence-corrected chi connectivity index (χ4v) is 2.15. The number of carbonyl (C=O) groups is 2. The Balaban J connectivity index is 2.01. The van der Waals surface area contributed by atoms with Crippen LogP contribution in [0, 0.1) is 0 Å². The van der Waals surface area contributed by atoms with Crippen molar-refractivity contribution in [2.75, 3.05) is 13.1 Å². The van der Waals surface area contributed by atoms with Crippen LogP contribution in [0.25, 0.3) is 0 Å². The monoisotopic (exact) mass is 293 g/mol. The predicted molar refractivity (Wildman–Crippen MR) is 75.1 cm³/mol. The van der Waals surface area contributed by atoms with Gasteiger partial charge >= 0.3 is 12.1 Å². The lowest BCUT2D eigenvalue weighted by Crippen LogP contribution is -2.61. The summed E-state index contributed by atoms with van der Waals surface area (Å²) in [5.41, 5.74) is -0.972. The molecule has 1 aliphatic rings. The number of rotatable bonds is 2. The highest BCUT2D eigenvalue weighted by molar-refractivity contribution is 5.87. The smallest absolute Gasteiger partial charge is 0.410 e. The Labute approximate surface area is 122 Å². The lowest BCUT2D eigenvalue weighted by Gasteiger charge is -2.46. The van der Waals surface area contributed by atoms with Gasteiger partial charge in [0.15, 0.2) is 0 Å². The molecule has 1 aromatic carbocycles. The highest BCUT2D eigenvalue weighted by atomic mass is 16.6. The topological polar surface area (TPSA) is 87.1 Å². The van der Waals surface area contributed by atoms with E-state index in [-0.39, 0.29) is 18.7 Å². The molecule has 0 aliphatic carbocycles. The Hall–Kier alpha value is -2.08. The molecule has 2 rings (SSSR count). The van der Waals surface area contributed by atoms with Crippen LogP contribution in [0.5, 0.6) is 0 Å². The molecule has 1 amide bonds. The fourth-order valence-electron chi connectivity index (χ4n) is 2.15. The first-order chi connectivity index (χ1) is 9.61. The molecule has 0 atom stereocenters. The molecule has 1 aliphatic heterocycles. The molecule has 6 heteroatoms. The second kappa shape index (κ2) is 5.04. The summed E-state index contributed by atoms with van der Waals surface area (Å²) in [6.07, 6.45) is -0.464. The highest BCUT2D eigenvalue weighted by Crippen LogP contribution is 2.33. The van der Waals surface area contributed by atoms with Gasteiger partial charge in [0.05, 0.1) is 18.7 Å². The third kappa shape index (κ3) is 3.33. The Bertz CT molecular complexity index is 552. The molecule has 0 unspecified atom stereocenters. The summed E-state index contributed by atoms with van der Waals surface area (Å²) in [5, 5.41) is 19.3. The second-order valence-corrected chi connectivity index (χ2v) is 6.25. The van der Waals surface area contributed by atoms with Crippen molar-refractivity contribution in [2.24, 2.45) is 0 Å². The summed E-state index contributed by atoms with van der Waals surface area (Å²) < 4.78 is 5.22. The van der Waals surface area contributed by atoms with Crippen molar-refractivity contribution in [1.82, 2.24) is 4.90 Å². The molecule has 0 radical (unpaired) electrons. The highest BCUT2D eigenvalue weighted by Gasteiger charge is 2.46. The van der Waals surface area contributed by atoms with Gasteiger partial charge in [0.25, 0.3) is 0 Å². The van der Waals surface area contributed by atoms with E-state index in [2.05, 4.69) is 0 Å². The molecule has 1 saturated heterocycles. The number of nitrogens with zero attached hydrogens (tertiary/aromatic N) is 1. The Morgan fingerprint density at radius 3 is 2.14 bits per heavy atom. The predicted octanol–water partition coefficient (Wildman–Crippen LogP) is 1.82. The van der Waals surface area contributed by atoms with Gasteiger partial charge < -0.3 is 19.8 Å². The zero-order valence-electron chi connectivity index (χ0n) is 12.3. The van der Waals surface area contributed by atoms with Crippen molar-refractivity contribution >= 4 is 12.1 Å². The van der Waals surface area contributed by atoms with Crippen molar-refractivity contribution in [3.63, 3.8) is 0 Å². The maximum absolute atomic E-state index is 11.8. The number of aliphatic hydroxyl groups is 1. The quantitative estimate of drug-likeness (QED) is 0.868. The Morgan fingerprint density at radius 2 is 1.71 bits per heavy atom. The van der Waals surface area contributed by atoms with E-state index in [9.17, 15) is 14.7 Å². The molecule has 114 valence electrons. The van der Waals surface area contributed by atoms with Crippen molar-refractivity contribution in [3.8, 4) is 0 Å². The number of carbonyl (C=O) groups excluding carboxylic acids is 1. The average Bonchev–Trinajstić information content (AvgIpc) is 2.33. The minimum absolute atomic E-state index is 0.133. The number of amides is 1. The number of carboxylic acid groups (broad SMARTS) is 1. The van der Waals surface area contributed by atoms with Crippen LogP contribution in [-0.4, -0.2) is 45.9 Å². The van der Waals surface area contributed by atoms with E-state index in [1.54, 1.807) is 32.9 Å². The summed E-state index contributed by atoms with van der Waals surface area (Å²) in [6.45, 7) is 5.60. The first-order valence-electron chi connectivity index (χ1n) is 6.65. The standard InChI is InChI=1S/C15H19NO5/c1-14(2,3)21-13(19)16-8-15(20,9-16)11-6-4-10(5-7-11)12(17)18/h4-7,20H,8-9H2,1-3H3,(H,17,18). The van der Waals surface area contributed by atoms with Gasteiger partial charge in [-0.2, -0.15) is 0 Å². The molecule has 21 heavy (non-hydrogen) atoms. The van der Waals surface area contributed by atoms with Crippen LogP contribution in [0.15, 0.2) is 24.3 Å². The van der Waals surface area contributed by atoms with Gasteiger partial charge in [0.1, 0.15) is 11.2 Å². The van der Waals surface area contributed by atoms with E-state index in [4.69, 9.17) is 9.84 Å². The van der Waals surface area contributed by atoms with Crippen LogP contribution in [0.4, 0.5) is 4.79 Å². The minimum Gasteiger partial charge on any atom is -0.478 e. The van der Waals surface area contributed by atoms with E-state index >= 15 is 0 Å². The van der Waals surface area contributed by atoms with Gasteiger partial charge in [-0.3, -0.25) is 0 Å². The van der Waals surface area contributed by atoms with Crippen molar-refractivity contribution in [3.05, 3.63) is 35.4 Å². The van der Waals surface area contributed by atoms with Crippen LogP contribution >= 0.6 is 0 Å². The number of likely N-dealkylation sites (tertiary alicyclic amines) is 1. The van der Waals surface area contributed by atoms with Crippen molar-refractivity contribution < 1.29 is 24.5 Å². The summed E-state index contributed by atoms with van der Waals surface area (Å²) in [6, 6.07) is 6.00. The molecule has 0 spiro atoms. The zero-order chi connectivity index (χ0) is 15.8. The molecule has 0 aromatic heterocycles. The number of benzene rings is 1. The Morgan fingerprint density at radius 1 is 1.19 bits per heavy atom. The van der Waals surface area contributed by atoms with Gasteiger partial charge in [-0.15, -0.1) is 0 Å². The van der Waals surface area contributed by atoms with E-state index in [0.29, 0.717) is 5.56 Å². The van der Waals surface area contributed by atoms with Gasteiger partial charge in [0, 0.05) is 0 Å². The van der Waals surface area contributed by atoms with Crippen LogP contribution < -0.4 is 0 Å². The molecule has 0 bridgehead atoms. The maximum Gasteiger partial charge on any atom is 0.410 e. The molecule has 1 fully saturated rings. The molecular formula is C15H19NO5. The van der Waals surface area contributed by atoms with Crippen LogP contribution in [0.1, 0.15) is 36.7 Å². The normalized spacial score (nSPS) is 17.0. The van der Waals surface area contributed by atoms with Crippen LogP contribution in [0.2, 0.25) is 0 Å².